The molecule has 0 fully saturated rings. The normalized spacial score (nSPS) is 3.60. The predicted octanol–water partition coefficient (Wildman–Crippen LogP) is 0.261. The van der Waals surface area contributed by atoms with Gasteiger partial charge in [-0.1, -0.05) is 6.61 Å². The van der Waals surface area contributed by atoms with E-state index in [0.29, 0.717) is 0 Å². The van der Waals surface area contributed by atoms with Gasteiger partial charge in [-0.25, -0.2) is 0 Å². The summed E-state index contributed by atoms with van der Waals surface area (Å²) in [6, 6.07) is 0. The van der Waals surface area contributed by atoms with Gasteiger partial charge >= 0.3 is 0 Å². The van der Waals surface area contributed by atoms with Crippen LogP contribution in [0.25, 0.3) is 0 Å². The SMILES string of the molecule is [CH2-]CO.[CH3-].[Y]. The summed E-state index contributed by atoms with van der Waals surface area (Å²) in [5.74, 6) is 0. The third-order valence-corrected chi connectivity index (χ3v) is 0. The van der Waals surface area contributed by atoms with Crippen LogP contribution in [0.5, 0.6) is 0 Å². The van der Waals surface area contributed by atoms with Gasteiger partial charge in [0.05, 0.1) is 0 Å². The van der Waals surface area contributed by atoms with E-state index in [1.54, 1.807) is 0 Å². The fourth-order valence-corrected chi connectivity index (χ4v) is 0. The van der Waals surface area contributed by atoms with Crippen LogP contribution >= 0.6 is 0 Å². The number of aliphatic hydroxyl groups is 1. The van der Waals surface area contributed by atoms with Crippen molar-refractivity contribution < 1.29 is 37.8 Å². The Morgan fingerprint density at radius 1 is 1.60 bits per heavy atom. The molecule has 0 aliphatic heterocycles. The second-order valence-corrected chi connectivity index (χ2v) is 0.224. The molecule has 1 radical (unpaired) electrons. The predicted molar refractivity (Wildman–Crippen MR) is 18.9 cm³/mol. The minimum atomic E-state index is 0. The van der Waals surface area contributed by atoms with Crippen molar-refractivity contribution in [3.8, 4) is 0 Å². The Bertz CT molecular complexity index is 6.85. The van der Waals surface area contributed by atoms with Crippen molar-refractivity contribution in [3.05, 3.63) is 14.4 Å². The molecule has 0 heterocycles. The molecule has 0 aliphatic rings. The molecule has 0 aromatic carbocycles. The molecule has 0 saturated heterocycles. The van der Waals surface area contributed by atoms with Gasteiger partial charge in [0.2, 0.25) is 0 Å². The summed E-state index contributed by atoms with van der Waals surface area (Å²) >= 11 is 0. The average Bonchev–Trinajstić information content (AvgIpc) is 0.918. The number of aliphatic hydroxyl groups excluding tert-OH is 1. The quantitative estimate of drug-likeness (QED) is 0.490. The molecule has 0 unspecified atom stereocenters. The Balaban J connectivity index is -0.0000000200. The first-order valence-electron chi connectivity index (χ1n) is 0.816. The third kappa shape index (κ3) is 42.0. The van der Waals surface area contributed by atoms with E-state index < -0.39 is 0 Å². The van der Waals surface area contributed by atoms with Gasteiger partial charge in [-0.15, -0.1) is 0 Å². The minimum Gasteiger partial charge on any atom is -0.428 e. The van der Waals surface area contributed by atoms with Gasteiger partial charge in [-0.3, -0.25) is 0 Å². The zero-order valence-electron chi connectivity index (χ0n) is 3.44. The smallest absolute Gasteiger partial charge is 0 e. The van der Waals surface area contributed by atoms with E-state index in [2.05, 4.69) is 6.92 Å². The summed E-state index contributed by atoms with van der Waals surface area (Å²) < 4.78 is 0. The van der Waals surface area contributed by atoms with E-state index in [1.807, 2.05) is 0 Å². The molecule has 0 amide bonds. The topological polar surface area (TPSA) is 20.2 Å². The molecule has 5 heavy (non-hydrogen) atoms. The van der Waals surface area contributed by atoms with Crippen LogP contribution in [-0.2, 0) is 32.7 Å². The van der Waals surface area contributed by atoms with Crippen LogP contribution in [0.1, 0.15) is 0 Å². The van der Waals surface area contributed by atoms with E-state index in [0.717, 1.165) is 0 Å². The van der Waals surface area contributed by atoms with Crippen molar-refractivity contribution in [2.45, 2.75) is 0 Å². The summed E-state index contributed by atoms with van der Waals surface area (Å²) in [4.78, 5) is 0. The first-order valence-corrected chi connectivity index (χ1v) is 0.816. The Morgan fingerprint density at radius 3 is 1.60 bits per heavy atom. The molecule has 0 atom stereocenters. The number of hydrogen-bond acceptors (Lipinski definition) is 1. The zero-order valence-corrected chi connectivity index (χ0v) is 6.28. The van der Waals surface area contributed by atoms with E-state index in [1.165, 1.54) is 0 Å². The second kappa shape index (κ2) is 19.6. The maximum absolute atomic E-state index is 7.46. The molecule has 0 bridgehead atoms. The fourth-order valence-electron chi connectivity index (χ4n) is 0. The molecule has 0 rings (SSSR count). The van der Waals surface area contributed by atoms with E-state index >= 15 is 0 Å². The molecule has 31 valence electrons. The van der Waals surface area contributed by atoms with E-state index in [9.17, 15) is 0 Å². The Morgan fingerprint density at radius 2 is 1.60 bits per heavy atom. The van der Waals surface area contributed by atoms with E-state index in [4.69, 9.17) is 5.11 Å². The first kappa shape index (κ1) is 16.6. The van der Waals surface area contributed by atoms with Gasteiger partial charge in [0.15, 0.2) is 0 Å². The Hall–Kier alpha value is 1.06. The minimum absolute atomic E-state index is 0. The van der Waals surface area contributed by atoms with Gasteiger partial charge in [0, 0.05) is 32.7 Å². The number of rotatable bonds is 0. The van der Waals surface area contributed by atoms with Crippen molar-refractivity contribution in [1.82, 2.24) is 0 Å². The second-order valence-electron chi connectivity index (χ2n) is 0.224. The van der Waals surface area contributed by atoms with Gasteiger partial charge in [-0.2, -0.15) is 0 Å². The maximum Gasteiger partial charge on any atom is 0 e. The van der Waals surface area contributed by atoms with Gasteiger partial charge in [0.1, 0.15) is 0 Å². The van der Waals surface area contributed by atoms with Crippen LogP contribution in [0.3, 0.4) is 0 Å². The van der Waals surface area contributed by atoms with Gasteiger partial charge < -0.3 is 19.5 Å². The molecule has 0 aromatic heterocycles. The van der Waals surface area contributed by atoms with Crippen LogP contribution in [0.2, 0.25) is 0 Å². The molecule has 0 aromatic rings. The monoisotopic (exact) mass is 149 g/mol. The van der Waals surface area contributed by atoms with Crippen LogP contribution in [0.4, 0.5) is 0 Å². The van der Waals surface area contributed by atoms with Crippen LogP contribution in [0, 0.1) is 14.4 Å². The molecule has 0 aliphatic carbocycles. The Kier molecular flexibility index (Phi) is 65.0. The van der Waals surface area contributed by atoms with Gasteiger partial charge in [-0.05, 0) is 0 Å². The fraction of sp³-hybridized carbons (Fsp3) is 0.333. The zero-order chi connectivity index (χ0) is 2.71. The molecular weight excluding hydrogens is 141 g/mol. The summed E-state index contributed by atoms with van der Waals surface area (Å²) in [5, 5.41) is 7.46. The summed E-state index contributed by atoms with van der Waals surface area (Å²) in [6.45, 7) is 3.04. The summed E-state index contributed by atoms with van der Waals surface area (Å²) in [7, 11) is 0. The van der Waals surface area contributed by atoms with Gasteiger partial charge in [0.25, 0.3) is 0 Å². The largest absolute Gasteiger partial charge is 0.428 e. The van der Waals surface area contributed by atoms with Crippen molar-refractivity contribution in [2.75, 3.05) is 6.61 Å². The molecule has 0 saturated carbocycles. The molecule has 1 N–H and O–H groups in total. The molecule has 0 spiro atoms. The van der Waals surface area contributed by atoms with E-state index in [-0.39, 0.29) is 46.7 Å². The van der Waals surface area contributed by atoms with Crippen LogP contribution < -0.4 is 0 Å². The Labute approximate surface area is 58.7 Å². The average molecular weight is 149 g/mol. The summed E-state index contributed by atoms with van der Waals surface area (Å²) in [6.07, 6.45) is 0. The van der Waals surface area contributed by atoms with Crippen LogP contribution in [-0.4, -0.2) is 11.7 Å². The summed E-state index contributed by atoms with van der Waals surface area (Å²) in [5.41, 5.74) is 0. The first-order chi connectivity index (χ1) is 1.41. The molecule has 2 heteroatoms. The van der Waals surface area contributed by atoms with Crippen molar-refractivity contribution in [1.29, 1.82) is 0 Å². The molecule has 1 nitrogen and oxygen atoms in total. The molecular formula is C3H8OY-2. The van der Waals surface area contributed by atoms with Crippen molar-refractivity contribution in [2.24, 2.45) is 0 Å². The van der Waals surface area contributed by atoms with Crippen molar-refractivity contribution in [3.63, 3.8) is 0 Å². The van der Waals surface area contributed by atoms with Crippen molar-refractivity contribution >= 4 is 0 Å². The maximum atomic E-state index is 7.46. The number of hydrogen-bond donors (Lipinski definition) is 1. The standard InChI is InChI=1S/C2H5O.CH3.Y/c1-2-3;;/h3H,1-2H2;1H3;/q2*-1;. The van der Waals surface area contributed by atoms with Crippen LogP contribution in [0.15, 0.2) is 0 Å². The third-order valence-electron chi connectivity index (χ3n) is 0.